The number of aromatic nitrogens is 2. The second kappa shape index (κ2) is 7.03. The smallest absolute Gasteiger partial charge is 0.231 e. The molecule has 31 heavy (non-hydrogen) atoms. The number of fused-ring (bicyclic) bond motifs is 7. The Labute approximate surface area is 179 Å². The summed E-state index contributed by atoms with van der Waals surface area (Å²) >= 11 is 0. The molecule has 5 aromatic rings. The van der Waals surface area contributed by atoms with Crippen LogP contribution in [0, 0.1) is 0 Å². The van der Waals surface area contributed by atoms with E-state index in [1.165, 1.54) is 10.8 Å². The number of nitrogens with one attached hydrogen (secondary N) is 2. The maximum atomic E-state index is 5.64. The number of anilines is 1. The summed E-state index contributed by atoms with van der Waals surface area (Å²) in [5, 5.41) is 9.36. The van der Waals surface area contributed by atoms with E-state index in [1.807, 2.05) is 6.07 Å². The Morgan fingerprint density at radius 3 is 2.61 bits per heavy atom. The zero-order valence-electron chi connectivity index (χ0n) is 17.7. The van der Waals surface area contributed by atoms with E-state index in [0.717, 1.165) is 69.5 Å². The minimum absolute atomic E-state index is 0.255. The number of H-pyrrole nitrogens is 1. The van der Waals surface area contributed by atoms with Crippen LogP contribution in [-0.4, -0.2) is 48.8 Å². The van der Waals surface area contributed by atoms with Crippen molar-refractivity contribution < 1.29 is 9.47 Å². The van der Waals surface area contributed by atoms with Gasteiger partial charge >= 0.3 is 0 Å². The molecule has 6 heteroatoms. The Morgan fingerprint density at radius 2 is 1.74 bits per heavy atom. The predicted octanol–water partition coefficient (Wildman–Crippen LogP) is 5.11. The number of nitrogens with zero attached hydrogens (tertiary/aromatic N) is 2. The molecular formula is C25H24N4O2. The lowest BCUT2D eigenvalue weighted by molar-refractivity contribution is 0.174. The third-order valence-electron chi connectivity index (χ3n) is 5.99. The molecule has 2 N–H and O–H groups in total. The zero-order valence-corrected chi connectivity index (χ0v) is 17.7. The molecule has 0 unspecified atom stereocenters. The number of rotatable bonds is 5. The molecule has 6 rings (SSSR count). The summed E-state index contributed by atoms with van der Waals surface area (Å²) in [4.78, 5) is 10.8. The number of para-hydroxylation sites is 1. The first-order valence-electron chi connectivity index (χ1n) is 10.6. The van der Waals surface area contributed by atoms with Gasteiger partial charge in [0.05, 0.1) is 5.52 Å². The largest absolute Gasteiger partial charge is 0.454 e. The Balaban J connectivity index is 1.59. The van der Waals surface area contributed by atoms with Crippen LogP contribution in [-0.2, 0) is 0 Å². The molecule has 1 aliphatic rings. The van der Waals surface area contributed by atoms with E-state index in [-0.39, 0.29) is 6.79 Å². The Bertz CT molecular complexity index is 1450. The fourth-order valence-corrected chi connectivity index (χ4v) is 4.47. The summed E-state index contributed by atoms with van der Waals surface area (Å²) in [6.07, 6.45) is 1.05. The van der Waals surface area contributed by atoms with E-state index in [4.69, 9.17) is 14.5 Å². The van der Waals surface area contributed by atoms with E-state index in [0.29, 0.717) is 0 Å². The first kappa shape index (κ1) is 18.3. The third kappa shape index (κ3) is 3.02. The van der Waals surface area contributed by atoms with Crippen LogP contribution in [0.3, 0.4) is 0 Å². The molecule has 2 aromatic heterocycles. The lowest BCUT2D eigenvalue weighted by atomic mass is 10.0. The van der Waals surface area contributed by atoms with Gasteiger partial charge in [-0.1, -0.05) is 18.2 Å². The number of hydrogen-bond acceptors (Lipinski definition) is 5. The van der Waals surface area contributed by atoms with Crippen LogP contribution in [0.4, 0.5) is 5.82 Å². The van der Waals surface area contributed by atoms with Gasteiger partial charge in [-0.25, -0.2) is 4.98 Å². The van der Waals surface area contributed by atoms with Crippen LogP contribution >= 0.6 is 0 Å². The van der Waals surface area contributed by atoms with Crippen molar-refractivity contribution in [2.75, 3.05) is 39.3 Å². The molecule has 0 amide bonds. The van der Waals surface area contributed by atoms with E-state index in [2.05, 4.69) is 71.8 Å². The van der Waals surface area contributed by atoms with Gasteiger partial charge in [-0.2, -0.15) is 0 Å². The first-order chi connectivity index (χ1) is 15.2. The summed E-state index contributed by atoms with van der Waals surface area (Å²) in [5.74, 6) is 2.44. The van der Waals surface area contributed by atoms with Crippen molar-refractivity contribution in [1.82, 2.24) is 14.9 Å². The predicted molar refractivity (Wildman–Crippen MR) is 126 cm³/mol. The van der Waals surface area contributed by atoms with Crippen LogP contribution in [0.15, 0.2) is 48.5 Å². The first-order valence-corrected chi connectivity index (χ1v) is 10.6. The van der Waals surface area contributed by atoms with Gasteiger partial charge in [-0.05, 0) is 56.7 Å². The van der Waals surface area contributed by atoms with Crippen LogP contribution in [0.25, 0.3) is 43.5 Å². The molecule has 0 bridgehead atoms. The van der Waals surface area contributed by atoms with Crippen LogP contribution in [0.1, 0.15) is 6.42 Å². The second-order valence-electron chi connectivity index (χ2n) is 8.38. The minimum Gasteiger partial charge on any atom is -0.454 e. The average molecular weight is 412 g/mol. The van der Waals surface area contributed by atoms with E-state index in [9.17, 15) is 0 Å². The molecule has 156 valence electrons. The maximum absolute atomic E-state index is 5.64. The summed E-state index contributed by atoms with van der Waals surface area (Å²) < 4.78 is 11.2. The van der Waals surface area contributed by atoms with Crippen molar-refractivity contribution in [3.63, 3.8) is 0 Å². The average Bonchev–Trinajstić information content (AvgIpc) is 3.37. The molecule has 0 atom stereocenters. The second-order valence-corrected chi connectivity index (χ2v) is 8.38. The fraction of sp³-hybridized carbons (Fsp3) is 0.240. The van der Waals surface area contributed by atoms with E-state index in [1.54, 1.807) is 0 Å². The SMILES string of the molecule is CN(C)CCCNc1nc2cc3c(cc2c2cc4[nH]c5ccccc5c4cc12)OCO3. The molecule has 3 aromatic carbocycles. The van der Waals surface area contributed by atoms with Crippen LogP contribution in [0.2, 0.25) is 0 Å². The van der Waals surface area contributed by atoms with E-state index < -0.39 is 0 Å². The van der Waals surface area contributed by atoms with Gasteiger partial charge < -0.3 is 24.7 Å². The highest BCUT2D eigenvalue weighted by molar-refractivity contribution is 6.19. The molecule has 0 spiro atoms. The Hall–Kier alpha value is -3.51. The summed E-state index contributed by atoms with van der Waals surface area (Å²) in [5.41, 5.74) is 3.17. The van der Waals surface area contributed by atoms with Gasteiger partial charge in [-0.3, -0.25) is 0 Å². The van der Waals surface area contributed by atoms with Crippen LogP contribution in [0.5, 0.6) is 11.5 Å². The molecule has 0 aliphatic carbocycles. The summed E-state index contributed by atoms with van der Waals surface area (Å²) in [6, 6.07) is 17.0. The molecule has 0 radical (unpaired) electrons. The van der Waals surface area contributed by atoms with Crippen molar-refractivity contribution in [2.45, 2.75) is 6.42 Å². The lowest BCUT2D eigenvalue weighted by Crippen LogP contribution is -2.16. The molecular weight excluding hydrogens is 388 g/mol. The lowest BCUT2D eigenvalue weighted by Gasteiger charge is -2.14. The van der Waals surface area contributed by atoms with Gasteiger partial charge in [0.15, 0.2) is 11.5 Å². The Morgan fingerprint density at radius 1 is 0.903 bits per heavy atom. The van der Waals surface area contributed by atoms with Gasteiger partial charge in [0.1, 0.15) is 5.82 Å². The molecule has 1 aliphatic heterocycles. The van der Waals surface area contributed by atoms with Gasteiger partial charge in [0.2, 0.25) is 6.79 Å². The highest BCUT2D eigenvalue weighted by Gasteiger charge is 2.18. The summed E-state index contributed by atoms with van der Waals surface area (Å²) in [7, 11) is 4.19. The van der Waals surface area contributed by atoms with Crippen molar-refractivity contribution in [2.24, 2.45) is 0 Å². The van der Waals surface area contributed by atoms with Crippen LogP contribution < -0.4 is 14.8 Å². The number of pyridine rings is 1. The third-order valence-corrected chi connectivity index (χ3v) is 5.99. The monoisotopic (exact) mass is 412 g/mol. The molecule has 0 fully saturated rings. The highest BCUT2D eigenvalue weighted by atomic mass is 16.7. The van der Waals surface area contributed by atoms with Crippen molar-refractivity contribution >= 4 is 49.3 Å². The quantitative estimate of drug-likeness (QED) is 0.310. The number of aromatic amines is 1. The van der Waals surface area contributed by atoms with E-state index >= 15 is 0 Å². The van der Waals surface area contributed by atoms with Gasteiger partial charge in [0.25, 0.3) is 0 Å². The Kier molecular flexibility index (Phi) is 4.14. The van der Waals surface area contributed by atoms with Crippen molar-refractivity contribution in [1.29, 1.82) is 0 Å². The van der Waals surface area contributed by atoms with Gasteiger partial charge in [-0.15, -0.1) is 0 Å². The molecule has 0 saturated heterocycles. The zero-order chi connectivity index (χ0) is 20.9. The number of ether oxygens (including phenoxy) is 2. The number of hydrogen-bond donors (Lipinski definition) is 2. The molecule has 0 saturated carbocycles. The fourth-order valence-electron chi connectivity index (χ4n) is 4.47. The maximum Gasteiger partial charge on any atom is 0.231 e. The molecule has 6 nitrogen and oxygen atoms in total. The van der Waals surface area contributed by atoms with Gasteiger partial charge in [0, 0.05) is 45.2 Å². The summed E-state index contributed by atoms with van der Waals surface area (Å²) in [6.45, 7) is 2.15. The standard InChI is InChI=1S/C25H24N4O2/c1-29(2)9-5-8-26-25-19-10-17-15-6-3-4-7-20(15)27-21(17)11-16(19)18-12-23-24(31-14-30-23)13-22(18)28-25/h3-4,6-7,10-13,27H,5,8-9,14H2,1-2H3,(H,26,28). The number of benzene rings is 3. The topological polar surface area (TPSA) is 62.4 Å². The minimum atomic E-state index is 0.255. The highest BCUT2D eigenvalue weighted by Crippen LogP contribution is 2.41. The van der Waals surface area contributed by atoms with Crippen molar-refractivity contribution in [3.8, 4) is 11.5 Å². The normalized spacial score (nSPS) is 13.3. The molecule has 3 heterocycles. The van der Waals surface area contributed by atoms with Crippen molar-refractivity contribution in [3.05, 3.63) is 48.5 Å².